The number of aryl methyl sites for hydroxylation is 1. The van der Waals surface area contributed by atoms with E-state index in [1.807, 2.05) is 24.3 Å². The van der Waals surface area contributed by atoms with Crippen molar-refractivity contribution in [1.29, 1.82) is 0 Å². The van der Waals surface area contributed by atoms with E-state index in [2.05, 4.69) is 9.55 Å². The number of halogens is 1. The summed E-state index contributed by atoms with van der Waals surface area (Å²) in [5, 5.41) is 11.9. The first kappa shape index (κ1) is 22.1. The third-order valence-corrected chi connectivity index (χ3v) is 7.56. The first-order valence-corrected chi connectivity index (χ1v) is 12.0. The maximum atomic E-state index is 12.1. The molecule has 0 saturated carbocycles. The number of fused-ring (bicyclic) bond motifs is 2. The van der Waals surface area contributed by atoms with Crippen LogP contribution in [0.5, 0.6) is 0 Å². The standard InChI is InChI=1S/C23H24ClN5O3S/c1-13(30)22(31)28-7-3-14(12-28)4-8-29-17-2-6-26-21(25)20(17)27-23(29)33-19-11-18-15(5-9-32-18)10-16(19)24/h2,5-6,9-11,13-14,30H,3-4,7-8,12H2,1H3,(H2,25,26)/t13-,14?/m1/s1. The van der Waals surface area contributed by atoms with Gasteiger partial charge in [-0.15, -0.1) is 0 Å². The Morgan fingerprint density at radius 2 is 2.27 bits per heavy atom. The number of likely N-dealkylation sites (tertiary alicyclic amines) is 1. The van der Waals surface area contributed by atoms with Crippen molar-refractivity contribution in [3.05, 3.63) is 41.7 Å². The van der Waals surface area contributed by atoms with E-state index in [0.717, 1.165) is 39.4 Å². The number of nitrogens with zero attached hydrogens (tertiary/aromatic N) is 4. The highest BCUT2D eigenvalue weighted by Crippen LogP contribution is 2.38. The molecule has 0 bridgehead atoms. The number of rotatable bonds is 6. The third kappa shape index (κ3) is 4.28. The quantitative estimate of drug-likeness (QED) is 0.421. The van der Waals surface area contributed by atoms with Crippen LogP contribution in [-0.4, -0.2) is 49.6 Å². The Balaban J connectivity index is 1.42. The number of benzene rings is 1. The number of amides is 1. The summed E-state index contributed by atoms with van der Waals surface area (Å²) in [6.07, 6.45) is 4.15. The number of carbonyl (C=O) groups is 1. The van der Waals surface area contributed by atoms with Gasteiger partial charge >= 0.3 is 0 Å². The van der Waals surface area contributed by atoms with Crippen LogP contribution in [0.4, 0.5) is 5.82 Å². The molecule has 1 unspecified atom stereocenters. The van der Waals surface area contributed by atoms with Crippen molar-refractivity contribution in [2.45, 2.75) is 42.5 Å². The van der Waals surface area contributed by atoms with E-state index in [9.17, 15) is 9.90 Å². The zero-order valence-corrected chi connectivity index (χ0v) is 19.6. The van der Waals surface area contributed by atoms with Crippen molar-refractivity contribution < 1.29 is 14.3 Å². The molecule has 172 valence electrons. The number of imidazole rings is 1. The summed E-state index contributed by atoms with van der Waals surface area (Å²) in [5.41, 5.74) is 8.45. The summed E-state index contributed by atoms with van der Waals surface area (Å²) in [4.78, 5) is 23.7. The molecule has 0 spiro atoms. The van der Waals surface area contributed by atoms with Crippen molar-refractivity contribution in [2.75, 3.05) is 18.8 Å². The van der Waals surface area contributed by atoms with Gasteiger partial charge in [0.05, 0.1) is 16.8 Å². The monoisotopic (exact) mass is 485 g/mol. The molecule has 5 rings (SSSR count). The number of pyridine rings is 1. The van der Waals surface area contributed by atoms with Gasteiger partial charge in [0.1, 0.15) is 17.2 Å². The first-order chi connectivity index (χ1) is 15.9. The number of anilines is 1. The van der Waals surface area contributed by atoms with Crippen molar-refractivity contribution in [3.63, 3.8) is 0 Å². The average molecular weight is 486 g/mol. The van der Waals surface area contributed by atoms with E-state index in [0.29, 0.717) is 41.9 Å². The highest BCUT2D eigenvalue weighted by atomic mass is 35.5. The number of nitrogens with two attached hydrogens (primary N) is 1. The molecule has 0 radical (unpaired) electrons. The lowest BCUT2D eigenvalue weighted by molar-refractivity contribution is -0.138. The van der Waals surface area contributed by atoms with Crippen LogP contribution in [0.1, 0.15) is 19.8 Å². The number of aromatic nitrogens is 3. The van der Waals surface area contributed by atoms with Crippen molar-refractivity contribution in [1.82, 2.24) is 19.4 Å². The van der Waals surface area contributed by atoms with Crippen molar-refractivity contribution >= 4 is 57.1 Å². The van der Waals surface area contributed by atoms with Gasteiger partial charge in [-0.25, -0.2) is 9.97 Å². The summed E-state index contributed by atoms with van der Waals surface area (Å²) in [5.74, 6) is 0.532. The fraction of sp³-hybridized carbons (Fsp3) is 0.348. The Labute approximate surface area is 199 Å². The van der Waals surface area contributed by atoms with Gasteiger partial charge in [-0.2, -0.15) is 0 Å². The summed E-state index contributed by atoms with van der Waals surface area (Å²) < 4.78 is 7.68. The number of aliphatic hydroxyl groups is 1. The second-order valence-electron chi connectivity index (χ2n) is 8.36. The smallest absolute Gasteiger partial charge is 0.251 e. The molecule has 1 amide bonds. The Kier molecular flexibility index (Phi) is 5.94. The zero-order valence-electron chi connectivity index (χ0n) is 18.1. The van der Waals surface area contributed by atoms with Crippen molar-refractivity contribution in [3.8, 4) is 0 Å². The molecule has 1 aliphatic heterocycles. The molecule has 3 N–H and O–H groups in total. The van der Waals surface area contributed by atoms with Crippen LogP contribution < -0.4 is 5.73 Å². The molecule has 10 heteroatoms. The highest BCUT2D eigenvalue weighted by Gasteiger charge is 2.28. The maximum Gasteiger partial charge on any atom is 0.251 e. The van der Waals surface area contributed by atoms with Crippen LogP contribution in [0.25, 0.3) is 22.0 Å². The number of hydrogen-bond acceptors (Lipinski definition) is 7. The predicted octanol–water partition coefficient (Wildman–Crippen LogP) is 4.18. The van der Waals surface area contributed by atoms with Gasteiger partial charge in [-0.05, 0) is 61.7 Å². The lowest BCUT2D eigenvalue weighted by Crippen LogP contribution is -2.36. The molecule has 1 aromatic carbocycles. The molecular formula is C23H24ClN5O3S. The number of nitrogen functional groups attached to an aromatic ring is 1. The Morgan fingerprint density at radius 3 is 3.09 bits per heavy atom. The lowest BCUT2D eigenvalue weighted by atomic mass is 10.1. The number of carbonyl (C=O) groups excluding carboxylic acids is 1. The van der Waals surface area contributed by atoms with Gasteiger partial charge in [0.15, 0.2) is 11.0 Å². The van der Waals surface area contributed by atoms with Gasteiger partial charge in [-0.3, -0.25) is 4.79 Å². The molecule has 1 aliphatic rings. The van der Waals surface area contributed by atoms with Gasteiger partial charge in [0, 0.05) is 36.1 Å². The van der Waals surface area contributed by atoms with Gasteiger partial charge in [-0.1, -0.05) is 11.6 Å². The summed E-state index contributed by atoms with van der Waals surface area (Å²) >= 11 is 8.01. The Hall–Kier alpha value is -2.75. The van der Waals surface area contributed by atoms with E-state index in [4.69, 9.17) is 26.7 Å². The second kappa shape index (κ2) is 8.89. The van der Waals surface area contributed by atoms with Crippen LogP contribution in [0.2, 0.25) is 5.02 Å². The minimum absolute atomic E-state index is 0.205. The third-order valence-electron chi connectivity index (χ3n) is 6.08. The van der Waals surface area contributed by atoms with Crippen LogP contribution in [-0.2, 0) is 11.3 Å². The Morgan fingerprint density at radius 1 is 1.42 bits per heavy atom. The van der Waals surface area contributed by atoms with Crippen LogP contribution in [0.15, 0.2) is 51.2 Å². The first-order valence-electron chi connectivity index (χ1n) is 10.8. The predicted molar refractivity (Wildman–Crippen MR) is 128 cm³/mol. The second-order valence-corrected chi connectivity index (χ2v) is 9.77. The van der Waals surface area contributed by atoms with E-state index in [-0.39, 0.29) is 5.91 Å². The van der Waals surface area contributed by atoms with Crippen LogP contribution in [0.3, 0.4) is 0 Å². The minimum Gasteiger partial charge on any atom is -0.464 e. The van der Waals surface area contributed by atoms with Crippen molar-refractivity contribution in [2.24, 2.45) is 5.92 Å². The fourth-order valence-electron chi connectivity index (χ4n) is 4.33. The summed E-state index contributed by atoms with van der Waals surface area (Å²) in [6, 6.07) is 7.60. The minimum atomic E-state index is -0.962. The van der Waals surface area contributed by atoms with E-state index < -0.39 is 6.10 Å². The Bertz CT molecular complexity index is 1330. The fourth-order valence-corrected chi connectivity index (χ4v) is 5.57. The molecule has 1 fully saturated rings. The van der Waals surface area contributed by atoms with Crippen LogP contribution in [0, 0.1) is 5.92 Å². The van der Waals surface area contributed by atoms with Crippen LogP contribution >= 0.6 is 23.4 Å². The maximum absolute atomic E-state index is 12.1. The zero-order chi connectivity index (χ0) is 23.1. The highest BCUT2D eigenvalue weighted by molar-refractivity contribution is 7.99. The molecule has 0 aliphatic carbocycles. The number of hydrogen-bond donors (Lipinski definition) is 2. The lowest BCUT2D eigenvalue weighted by Gasteiger charge is -2.18. The molecule has 8 nitrogen and oxygen atoms in total. The molecule has 1 saturated heterocycles. The number of furan rings is 1. The summed E-state index contributed by atoms with van der Waals surface area (Å²) in [6.45, 7) is 3.56. The topological polar surface area (TPSA) is 110 Å². The van der Waals surface area contributed by atoms with Gasteiger partial charge < -0.3 is 24.7 Å². The summed E-state index contributed by atoms with van der Waals surface area (Å²) in [7, 11) is 0. The van der Waals surface area contributed by atoms with E-state index in [1.165, 1.54) is 18.7 Å². The van der Waals surface area contributed by atoms with E-state index in [1.54, 1.807) is 17.4 Å². The van der Waals surface area contributed by atoms with E-state index >= 15 is 0 Å². The van der Waals surface area contributed by atoms with Gasteiger partial charge in [0.25, 0.3) is 5.91 Å². The molecular weight excluding hydrogens is 462 g/mol. The SMILES string of the molecule is C[C@@H](O)C(=O)N1CCC(CCn2c(Sc3cc4occc4cc3Cl)nc3c(N)nccc32)C1. The molecule has 2 atom stereocenters. The molecule has 3 aromatic heterocycles. The normalized spacial score (nSPS) is 17.3. The molecule has 4 heterocycles. The number of aliphatic hydroxyl groups excluding tert-OH is 1. The average Bonchev–Trinajstić information content (AvgIpc) is 3.51. The molecule has 4 aromatic rings. The largest absolute Gasteiger partial charge is 0.464 e. The molecule has 33 heavy (non-hydrogen) atoms. The van der Waals surface area contributed by atoms with Gasteiger partial charge in [0.2, 0.25) is 0 Å².